The first-order valence-electron chi connectivity index (χ1n) is 9.14. The highest BCUT2D eigenvalue weighted by atomic mass is 16.6. The molecule has 11 nitrogen and oxygen atoms in total. The van der Waals surface area contributed by atoms with E-state index in [-0.39, 0.29) is 11.1 Å². The molecule has 1 aliphatic heterocycles. The number of para-hydroxylation sites is 2. The minimum atomic E-state index is -1.02. The fraction of sp³-hybridized carbons (Fsp3) is 0.200. The lowest BCUT2D eigenvalue weighted by Gasteiger charge is -2.14. The number of nitrogens with zero attached hydrogens (tertiary/aromatic N) is 2. The van der Waals surface area contributed by atoms with Crippen LogP contribution in [-0.2, 0) is 14.3 Å². The summed E-state index contributed by atoms with van der Waals surface area (Å²) in [5, 5.41) is 13.6. The average molecular weight is 427 g/mol. The fourth-order valence-electron chi connectivity index (χ4n) is 2.97. The first-order chi connectivity index (χ1) is 14.8. The van der Waals surface area contributed by atoms with Crippen molar-refractivity contribution in [1.29, 1.82) is 0 Å². The van der Waals surface area contributed by atoms with Gasteiger partial charge in [0.05, 0.1) is 22.8 Å². The largest absolute Gasteiger partial charge is 0.492 e. The topological polar surface area (TPSA) is 145 Å². The van der Waals surface area contributed by atoms with Crippen LogP contribution in [0.15, 0.2) is 42.5 Å². The highest BCUT2D eigenvalue weighted by Crippen LogP contribution is 2.30. The number of amides is 3. The molecular weight excluding hydrogens is 410 g/mol. The van der Waals surface area contributed by atoms with E-state index in [0.29, 0.717) is 22.9 Å². The van der Waals surface area contributed by atoms with Crippen LogP contribution in [-0.4, -0.2) is 53.3 Å². The van der Waals surface area contributed by atoms with Crippen molar-refractivity contribution in [3.05, 3.63) is 63.7 Å². The number of esters is 1. The number of hydrogen-bond acceptors (Lipinski definition) is 8. The molecule has 0 spiro atoms. The summed E-state index contributed by atoms with van der Waals surface area (Å²) in [6.07, 6.45) is 0. The van der Waals surface area contributed by atoms with E-state index < -0.39 is 47.5 Å². The lowest BCUT2D eigenvalue weighted by molar-refractivity contribution is -0.385. The molecule has 0 atom stereocenters. The van der Waals surface area contributed by atoms with Crippen molar-refractivity contribution in [2.24, 2.45) is 0 Å². The van der Waals surface area contributed by atoms with Gasteiger partial charge in [0.1, 0.15) is 17.9 Å². The van der Waals surface area contributed by atoms with Gasteiger partial charge in [0.15, 0.2) is 6.61 Å². The minimum absolute atomic E-state index is 0.169. The van der Waals surface area contributed by atoms with E-state index in [1.807, 2.05) is 0 Å². The number of hydrogen-bond donors (Lipinski definition) is 1. The summed E-state index contributed by atoms with van der Waals surface area (Å²) in [6, 6.07) is 10.3. The first-order valence-corrected chi connectivity index (χ1v) is 9.14. The molecule has 0 bridgehead atoms. The predicted molar refractivity (Wildman–Crippen MR) is 106 cm³/mol. The average Bonchev–Trinajstić information content (AvgIpc) is 2.98. The van der Waals surface area contributed by atoms with Gasteiger partial charge in [-0.15, -0.1) is 0 Å². The second-order valence-corrected chi connectivity index (χ2v) is 6.29. The van der Waals surface area contributed by atoms with Crippen LogP contribution in [0, 0.1) is 10.1 Å². The lowest BCUT2D eigenvalue weighted by Crippen LogP contribution is -2.36. The highest BCUT2D eigenvalue weighted by Gasteiger charge is 2.41. The van der Waals surface area contributed by atoms with Crippen LogP contribution in [0.5, 0.6) is 5.75 Å². The number of nitro benzene ring substituents is 1. The van der Waals surface area contributed by atoms with Crippen molar-refractivity contribution >= 4 is 35.1 Å². The van der Waals surface area contributed by atoms with Gasteiger partial charge in [-0.3, -0.25) is 34.2 Å². The number of imide groups is 1. The van der Waals surface area contributed by atoms with Gasteiger partial charge in [0, 0.05) is 6.07 Å². The molecule has 3 amide bonds. The standard InChI is InChI=1S/C20H17N3O8/c1-2-30-15-9-4-3-7-13(15)21-16(24)11-31-17(25)10-22-19(26)12-6-5-8-14(23(28)29)18(12)20(22)27/h3-9H,2,10-11H2,1H3,(H,21,24). The predicted octanol–water partition coefficient (Wildman–Crippen LogP) is 1.77. The summed E-state index contributed by atoms with van der Waals surface area (Å²) in [5.74, 6) is -3.06. The maximum Gasteiger partial charge on any atom is 0.326 e. The number of fused-ring (bicyclic) bond motifs is 1. The van der Waals surface area contributed by atoms with E-state index in [2.05, 4.69) is 5.32 Å². The molecule has 0 fully saturated rings. The van der Waals surface area contributed by atoms with E-state index in [4.69, 9.17) is 9.47 Å². The van der Waals surface area contributed by atoms with Crippen LogP contribution in [0.4, 0.5) is 11.4 Å². The van der Waals surface area contributed by atoms with Gasteiger partial charge in [-0.2, -0.15) is 0 Å². The summed E-state index contributed by atoms with van der Waals surface area (Å²) < 4.78 is 10.2. The Bertz CT molecular complexity index is 1080. The Morgan fingerprint density at radius 3 is 2.55 bits per heavy atom. The monoisotopic (exact) mass is 427 g/mol. The molecule has 1 N–H and O–H groups in total. The summed E-state index contributed by atoms with van der Waals surface area (Å²) in [6.45, 7) is 0.726. The Labute approximate surface area is 175 Å². The summed E-state index contributed by atoms with van der Waals surface area (Å²) in [7, 11) is 0. The van der Waals surface area contributed by atoms with Crippen molar-refractivity contribution in [1.82, 2.24) is 4.90 Å². The molecule has 1 heterocycles. The van der Waals surface area contributed by atoms with Crippen molar-refractivity contribution in [2.75, 3.05) is 25.1 Å². The molecule has 2 aromatic rings. The molecule has 1 aliphatic rings. The molecule has 0 unspecified atom stereocenters. The SMILES string of the molecule is CCOc1ccccc1NC(=O)COC(=O)CN1C(=O)c2cccc([N+](=O)[O-])c2C1=O. The van der Waals surface area contributed by atoms with Crippen molar-refractivity contribution in [3.8, 4) is 5.75 Å². The quantitative estimate of drug-likeness (QED) is 0.290. The molecule has 0 aromatic heterocycles. The summed E-state index contributed by atoms with van der Waals surface area (Å²) >= 11 is 0. The van der Waals surface area contributed by atoms with Gasteiger partial charge in [0.25, 0.3) is 23.4 Å². The van der Waals surface area contributed by atoms with Crippen LogP contribution in [0.25, 0.3) is 0 Å². The number of anilines is 1. The van der Waals surface area contributed by atoms with Gasteiger partial charge in [0.2, 0.25) is 0 Å². The Hall–Kier alpha value is -4.28. The van der Waals surface area contributed by atoms with E-state index in [0.717, 1.165) is 6.07 Å². The van der Waals surface area contributed by atoms with Crippen molar-refractivity contribution in [2.45, 2.75) is 6.92 Å². The van der Waals surface area contributed by atoms with E-state index >= 15 is 0 Å². The number of rotatable bonds is 8. The van der Waals surface area contributed by atoms with E-state index in [1.54, 1.807) is 31.2 Å². The zero-order chi connectivity index (χ0) is 22.5. The normalized spacial score (nSPS) is 12.4. The van der Waals surface area contributed by atoms with E-state index in [1.165, 1.54) is 12.1 Å². The maximum atomic E-state index is 12.4. The van der Waals surface area contributed by atoms with Crippen LogP contribution < -0.4 is 10.1 Å². The Balaban J connectivity index is 1.60. The number of ether oxygens (including phenoxy) is 2. The Kier molecular flexibility index (Phi) is 6.24. The summed E-state index contributed by atoms with van der Waals surface area (Å²) in [5.41, 5.74) is -0.690. The number of carbonyl (C=O) groups excluding carboxylic acids is 4. The number of nitrogens with one attached hydrogen (secondary N) is 1. The molecular formula is C20H17N3O8. The molecule has 0 radical (unpaired) electrons. The van der Waals surface area contributed by atoms with Gasteiger partial charge < -0.3 is 14.8 Å². The van der Waals surface area contributed by atoms with Crippen molar-refractivity contribution in [3.63, 3.8) is 0 Å². The third-order valence-electron chi connectivity index (χ3n) is 4.29. The smallest absolute Gasteiger partial charge is 0.326 e. The molecule has 3 rings (SSSR count). The zero-order valence-electron chi connectivity index (χ0n) is 16.3. The van der Waals surface area contributed by atoms with E-state index in [9.17, 15) is 29.3 Å². The number of carbonyl (C=O) groups is 4. The fourth-order valence-corrected chi connectivity index (χ4v) is 2.97. The van der Waals surface area contributed by atoms with Crippen LogP contribution in [0.2, 0.25) is 0 Å². The Morgan fingerprint density at radius 2 is 1.84 bits per heavy atom. The second kappa shape index (κ2) is 9.03. The minimum Gasteiger partial charge on any atom is -0.492 e. The Morgan fingerprint density at radius 1 is 1.10 bits per heavy atom. The molecule has 0 saturated carbocycles. The highest BCUT2D eigenvalue weighted by molar-refractivity contribution is 6.24. The van der Waals surface area contributed by atoms with Crippen LogP contribution in [0.1, 0.15) is 27.6 Å². The number of nitro groups is 1. The van der Waals surface area contributed by atoms with Gasteiger partial charge in [-0.25, -0.2) is 0 Å². The molecule has 31 heavy (non-hydrogen) atoms. The summed E-state index contributed by atoms with van der Waals surface area (Å²) in [4.78, 5) is 59.8. The second-order valence-electron chi connectivity index (χ2n) is 6.29. The molecule has 160 valence electrons. The molecule has 2 aromatic carbocycles. The first kappa shape index (κ1) is 21.4. The van der Waals surface area contributed by atoms with Gasteiger partial charge >= 0.3 is 5.97 Å². The van der Waals surface area contributed by atoms with Crippen LogP contribution in [0.3, 0.4) is 0 Å². The van der Waals surface area contributed by atoms with Crippen LogP contribution >= 0.6 is 0 Å². The maximum absolute atomic E-state index is 12.4. The molecule has 11 heteroatoms. The van der Waals surface area contributed by atoms with Crippen molar-refractivity contribution < 1.29 is 33.6 Å². The lowest BCUT2D eigenvalue weighted by atomic mass is 10.1. The molecule has 0 saturated heterocycles. The molecule has 0 aliphatic carbocycles. The van der Waals surface area contributed by atoms with Gasteiger partial charge in [-0.05, 0) is 25.1 Å². The third kappa shape index (κ3) is 4.50. The number of benzene rings is 2. The third-order valence-corrected chi connectivity index (χ3v) is 4.29. The zero-order valence-corrected chi connectivity index (χ0v) is 16.3. The van der Waals surface area contributed by atoms with Gasteiger partial charge in [-0.1, -0.05) is 18.2 Å².